The van der Waals surface area contributed by atoms with Crippen molar-refractivity contribution in [1.29, 1.82) is 0 Å². The van der Waals surface area contributed by atoms with E-state index >= 15 is 0 Å². The van der Waals surface area contributed by atoms with Crippen molar-refractivity contribution in [3.05, 3.63) is 12.2 Å². The fraction of sp³-hybridized carbons (Fsp3) is 0.500. The first-order chi connectivity index (χ1) is 1.73. The van der Waals surface area contributed by atoms with Crippen LogP contribution in [-0.4, -0.2) is 59.1 Å². The van der Waals surface area contributed by atoms with Crippen LogP contribution in [0, 0.1) is 0 Å². The van der Waals surface area contributed by atoms with Crippen LogP contribution in [0.2, 0.25) is 0 Å². The van der Waals surface area contributed by atoms with Crippen LogP contribution in [0.1, 0.15) is 13.8 Å². The van der Waals surface area contributed by atoms with Gasteiger partial charge in [0.05, 0.1) is 0 Å². The van der Waals surface area contributed by atoms with E-state index in [0.29, 0.717) is 0 Å². The molecule has 0 aromatic heterocycles. The molecular formula is C4H8Na2. The molecule has 0 aliphatic carbocycles. The van der Waals surface area contributed by atoms with Gasteiger partial charge >= 0.3 is 0 Å². The van der Waals surface area contributed by atoms with Crippen LogP contribution in [0.3, 0.4) is 0 Å². The summed E-state index contributed by atoms with van der Waals surface area (Å²) in [6.45, 7) is 7.50. The van der Waals surface area contributed by atoms with Crippen molar-refractivity contribution in [3.63, 3.8) is 0 Å². The molecule has 0 aliphatic heterocycles. The summed E-state index contributed by atoms with van der Waals surface area (Å²) in [5.74, 6) is 0. The van der Waals surface area contributed by atoms with Crippen LogP contribution < -0.4 is 0 Å². The first kappa shape index (κ1) is 15.6. The molecule has 0 saturated heterocycles. The van der Waals surface area contributed by atoms with Crippen LogP contribution in [-0.2, 0) is 0 Å². The Bertz CT molecular complexity index is 28.5. The minimum absolute atomic E-state index is 0. The summed E-state index contributed by atoms with van der Waals surface area (Å²) in [5, 5.41) is 0. The Morgan fingerprint density at radius 2 is 1.17 bits per heavy atom. The van der Waals surface area contributed by atoms with Crippen molar-refractivity contribution in [1.82, 2.24) is 0 Å². The number of hydrogen-bond donors (Lipinski definition) is 0. The molecule has 0 rings (SSSR count). The Morgan fingerprint density at radius 1 is 1.17 bits per heavy atom. The summed E-state index contributed by atoms with van der Waals surface area (Å²) in [4.78, 5) is 0. The molecule has 0 saturated carbocycles. The fourth-order valence-electron chi connectivity index (χ4n) is 0. The first-order valence-electron chi connectivity index (χ1n) is 1.35. The maximum Gasteiger partial charge on any atom is 0 e. The normalized spacial score (nSPS) is 4.33. The van der Waals surface area contributed by atoms with E-state index in [1.54, 1.807) is 0 Å². The zero-order chi connectivity index (χ0) is 3.58. The monoisotopic (exact) mass is 102 g/mol. The summed E-state index contributed by atoms with van der Waals surface area (Å²) in [6, 6.07) is 0. The van der Waals surface area contributed by atoms with E-state index in [9.17, 15) is 0 Å². The summed E-state index contributed by atoms with van der Waals surface area (Å²) >= 11 is 0. The molecule has 0 spiro atoms. The number of hydrogen-bond acceptors (Lipinski definition) is 0. The largest absolute Gasteiger partial charge is 0.100 e. The van der Waals surface area contributed by atoms with Crippen LogP contribution in [0.5, 0.6) is 0 Å². The molecule has 26 valence electrons. The SMILES string of the molecule is C=C(C)C.[Na].[Na]. The van der Waals surface area contributed by atoms with Gasteiger partial charge in [-0.3, -0.25) is 0 Å². The predicted molar refractivity (Wildman–Crippen MR) is 32.0 cm³/mol. The van der Waals surface area contributed by atoms with Gasteiger partial charge in [0.15, 0.2) is 0 Å². The summed E-state index contributed by atoms with van der Waals surface area (Å²) in [7, 11) is 0. The maximum absolute atomic E-state index is 3.56. The van der Waals surface area contributed by atoms with E-state index in [4.69, 9.17) is 0 Å². The Hall–Kier alpha value is 1.74. The van der Waals surface area contributed by atoms with E-state index in [-0.39, 0.29) is 59.1 Å². The van der Waals surface area contributed by atoms with Crippen molar-refractivity contribution < 1.29 is 0 Å². The van der Waals surface area contributed by atoms with Crippen molar-refractivity contribution in [2.45, 2.75) is 13.8 Å². The second kappa shape index (κ2) is 9.88. The molecule has 2 radical (unpaired) electrons. The molecule has 0 bridgehead atoms. The van der Waals surface area contributed by atoms with E-state index < -0.39 is 0 Å². The van der Waals surface area contributed by atoms with Gasteiger partial charge in [-0.2, -0.15) is 0 Å². The van der Waals surface area contributed by atoms with Crippen LogP contribution >= 0.6 is 0 Å². The summed E-state index contributed by atoms with van der Waals surface area (Å²) in [6.07, 6.45) is 0. The van der Waals surface area contributed by atoms with E-state index in [0.717, 1.165) is 0 Å². The minimum atomic E-state index is 0. The minimum Gasteiger partial charge on any atom is -0.100 e. The maximum atomic E-state index is 3.56. The van der Waals surface area contributed by atoms with E-state index in [2.05, 4.69) is 6.58 Å². The zero-order valence-electron chi connectivity index (χ0n) is 5.21. The Morgan fingerprint density at radius 3 is 1.17 bits per heavy atom. The third-order valence-corrected chi connectivity index (χ3v) is 0. The average Bonchev–Trinajstić information content (AvgIpc) is 0.811. The van der Waals surface area contributed by atoms with E-state index in [1.165, 1.54) is 5.57 Å². The van der Waals surface area contributed by atoms with Gasteiger partial charge in [0.1, 0.15) is 0 Å². The molecule has 6 heavy (non-hydrogen) atoms. The van der Waals surface area contributed by atoms with Crippen molar-refractivity contribution in [2.75, 3.05) is 0 Å². The van der Waals surface area contributed by atoms with Crippen molar-refractivity contribution in [2.24, 2.45) is 0 Å². The quantitative estimate of drug-likeness (QED) is 0.314. The van der Waals surface area contributed by atoms with Gasteiger partial charge in [0.25, 0.3) is 0 Å². The Labute approximate surface area is 84.0 Å². The first-order valence-corrected chi connectivity index (χ1v) is 1.35. The van der Waals surface area contributed by atoms with Gasteiger partial charge in [-0.15, -0.1) is 6.58 Å². The average molecular weight is 102 g/mol. The van der Waals surface area contributed by atoms with Gasteiger partial charge in [0.2, 0.25) is 0 Å². The van der Waals surface area contributed by atoms with Gasteiger partial charge in [-0.1, -0.05) is 5.57 Å². The van der Waals surface area contributed by atoms with Crippen molar-refractivity contribution >= 4 is 59.1 Å². The Kier molecular flexibility index (Phi) is 25.8. The second-order valence-electron chi connectivity index (χ2n) is 1.21. The van der Waals surface area contributed by atoms with Crippen LogP contribution in [0.25, 0.3) is 0 Å². The van der Waals surface area contributed by atoms with Crippen LogP contribution in [0.4, 0.5) is 0 Å². The molecule has 0 aliphatic rings. The molecule has 0 amide bonds. The summed E-state index contributed by atoms with van der Waals surface area (Å²) in [5.41, 5.74) is 1.17. The molecule has 0 aromatic carbocycles. The molecule has 0 unspecified atom stereocenters. The summed E-state index contributed by atoms with van der Waals surface area (Å²) < 4.78 is 0. The molecule has 0 fully saturated rings. The van der Waals surface area contributed by atoms with Crippen LogP contribution in [0.15, 0.2) is 12.2 Å². The molecule has 0 nitrogen and oxygen atoms in total. The standard InChI is InChI=1S/C4H8.2Na/c1-4(2)3;;/h1H2,2-3H3;;. The van der Waals surface area contributed by atoms with Gasteiger partial charge < -0.3 is 0 Å². The number of rotatable bonds is 0. The molecule has 2 heteroatoms. The number of allylic oxidation sites excluding steroid dienone is 1. The molecule has 0 N–H and O–H groups in total. The molecule has 0 atom stereocenters. The van der Waals surface area contributed by atoms with E-state index in [1.807, 2.05) is 13.8 Å². The zero-order valence-corrected chi connectivity index (χ0v) is 9.21. The second-order valence-corrected chi connectivity index (χ2v) is 1.21. The smallest absolute Gasteiger partial charge is 0 e. The van der Waals surface area contributed by atoms with Gasteiger partial charge in [-0.25, -0.2) is 0 Å². The van der Waals surface area contributed by atoms with Crippen molar-refractivity contribution in [3.8, 4) is 0 Å². The Balaban J connectivity index is -0.0000000450. The fourth-order valence-corrected chi connectivity index (χ4v) is 0. The predicted octanol–water partition coefficient (Wildman–Crippen LogP) is 0.821. The topological polar surface area (TPSA) is 0 Å². The third-order valence-electron chi connectivity index (χ3n) is 0. The van der Waals surface area contributed by atoms with Gasteiger partial charge in [-0.05, 0) is 13.8 Å². The van der Waals surface area contributed by atoms with Gasteiger partial charge in [0, 0.05) is 59.1 Å². The molecular weight excluding hydrogens is 94.0 g/mol. The third kappa shape index (κ3) is 42.6. The molecule has 0 heterocycles. The molecule has 0 aromatic rings.